The van der Waals surface area contributed by atoms with E-state index in [2.05, 4.69) is 38.6 Å². The summed E-state index contributed by atoms with van der Waals surface area (Å²) < 4.78 is 43.3. The van der Waals surface area contributed by atoms with Gasteiger partial charge in [-0.15, -0.1) is 0 Å². The number of oxime groups is 1. The molecule has 2 saturated heterocycles. The lowest BCUT2D eigenvalue weighted by atomic mass is 9.42. The number of aliphatic carboxylic acids is 1. The summed E-state index contributed by atoms with van der Waals surface area (Å²) in [7, 11) is 1.51. The summed E-state index contributed by atoms with van der Waals surface area (Å²) in [5.41, 5.74) is -0.948. The van der Waals surface area contributed by atoms with Crippen LogP contribution in [0, 0.1) is 45.8 Å². The molecule has 12 heteroatoms. The molecule has 12 nitrogen and oxygen atoms in total. The predicted molar refractivity (Wildman–Crippen MR) is 188 cm³/mol. The maximum absolute atomic E-state index is 14.3. The highest BCUT2D eigenvalue weighted by Gasteiger charge is 2.86. The molecule has 2 aliphatic heterocycles. The van der Waals surface area contributed by atoms with Gasteiger partial charge in [0.15, 0.2) is 12.4 Å². The average molecular weight is 724 g/mol. The van der Waals surface area contributed by atoms with Gasteiger partial charge in [-0.05, 0) is 61.3 Å². The van der Waals surface area contributed by atoms with E-state index in [1.54, 1.807) is 6.08 Å². The molecule has 7 rings (SSSR count). The van der Waals surface area contributed by atoms with Gasteiger partial charge in [0, 0.05) is 17.9 Å². The molecule has 0 spiro atoms. The van der Waals surface area contributed by atoms with Crippen LogP contribution in [0.25, 0.3) is 0 Å². The van der Waals surface area contributed by atoms with E-state index in [0.29, 0.717) is 32.0 Å². The molecule has 2 heterocycles. The first-order chi connectivity index (χ1) is 25.0. The van der Waals surface area contributed by atoms with Crippen molar-refractivity contribution in [2.75, 3.05) is 33.5 Å². The molecule has 52 heavy (non-hydrogen) atoms. The molecule has 4 bridgehead atoms. The molecule has 0 aromatic heterocycles. The van der Waals surface area contributed by atoms with Crippen molar-refractivity contribution in [3.05, 3.63) is 60.2 Å². The van der Waals surface area contributed by atoms with Crippen LogP contribution >= 0.6 is 0 Å². The van der Waals surface area contributed by atoms with Crippen molar-refractivity contribution < 1.29 is 52.7 Å². The second-order valence-corrected chi connectivity index (χ2v) is 15.8. The van der Waals surface area contributed by atoms with Crippen LogP contribution in [-0.2, 0) is 49.4 Å². The highest BCUT2D eigenvalue weighted by atomic mass is 16.8. The maximum atomic E-state index is 14.3. The second kappa shape index (κ2) is 14.5. The summed E-state index contributed by atoms with van der Waals surface area (Å²) in [6.45, 7) is 13.0. The molecule has 1 aromatic carbocycles. The fraction of sp³-hybridized carbons (Fsp3) is 0.675. The van der Waals surface area contributed by atoms with Gasteiger partial charge in [-0.2, -0.15) is 0 Å². The second-order valence-electron chi connectivity index (χ2n) is 15.8. The summed E-state index contributed by atoms with van der Waals surface area (Å²) in [5.74, 6) is -0.182. The number of rotatable bonds is 13. The van der Waals surface area contributed by atoms with Crippen molar-refractivity contribution in [3.8, 4) is 0 Å². The van der Waals surface area contributed by atoms with Gasteiger partial charge in [-0.1, -0.05) is 87.0 Å². The first-order valence-corrected chi connectivity index (χ1v) is 18.7. The summed E-state index contributed by atoms with van der Waals surface area (Å²) >= 11 is 0. The first kappa shape index (κ1) is 37.0. The molecule has 1 aromatic rings. The van der Waals surface area contributed by atoms with Crippen molar-refractivity contribution in [2.45, 2.75) is 90.9 Å². The minimum absolute atomic E-state index is 0.00791. The standard InChI is InChI=1S/C40H53NO11/c1-7-15-50-41-31-32(45-6)25(5)51-34(33(31)52-37(44)48-21-26-11-9-8-10-12-26)49-22-38-20-28-24(4)13-14-29(28)39(36-46-16-17-47-36)19-27(38)18-30(23(2)3)40(38,39)35(42)43/h7-12,18,23-25,27-29,32-34,36H,1,13-17,19-22H2,2-6H3,(H,42,43)/t24?,25-,27?,28?,29?,32-,33-,34-,38?,39?,40?/m1/s1. The molecule has 1 N–H and O–H groups in total. The quantitative estimate of drug-likeness (QED) is 0.109. The number of carbonyl (C=O) groups is 2. The van der Waals surface area contributed by atoms with Crippen molar-refractivity contribution in [1.29, 1.82) is 0 Å². The van der Waals surface area contributed by atoms with Gasteiger partial charge in [-0.25, -0.2) is 4.79 Å². The van der Waals surface area contributed by atoms with Crippen LogP contribution in [0.2, 0.25) is 0 Å². The van der Waals surface area contributed by atoms with Crippen molar-refractivity contribution in [2.24, 2.45) is 51.0 Å². The van der Waals surface area contributed by atoms with E-state index in [1.165, 1.54) is 7.11 Å². The Kier molecular flexibility index (Phi) is 10.3. The Hall–Kier alpha value is -3.29. The van der Waals surface area contributed by atoms with E-state index >= 15 is 0 Å². The molecule has 3 saturated carbocycles. The summed E-state index contributed by atoms with van der Waals surface area (Å²) in [6, 6.07) is 9.27. The summed E-state index contributed by atoms with van der Waals surface area (Å²) in [6.07, 6.45) is 1.74. The van der Waals surface area contributed by atoms with Gasteiger partial charge in [0.25, 0.3) is 0 Å². The highest BCUT2D eigenvalue weighted by molar-refractivity contribution is 5.95. The third-order valence-corrected chi connectivity index (χ3v) is 13.1. The topological polar surface area (TPSA) is 141 Å². The highest BCUT2D eigenvalue weighted by Crippen LogP contribution is 2.84. The Morgan fingerprint density at radius 3 is 2.52 bits per heavy atom. The molecular weight excluding hydrogens is 670 g/mol. The first-order valence-electron chi connectivity index (χ1n) is 18.7. The maximum Gasteiger partial charge on any atom is 0.509 e. The van der Waals surface area contributed by atoms with Crippen LogP contribution in [0.15, 0.2) is 59.8 Å². The lowest BCUT2D eigenvalue weighted by Gasteiger charge is -2.61. The van der Waals surface area contributed by atoms with Crippen LogP contribution in [-0.4, -0.2) is 87.4 Å². The monoisotopic (exact) mass is 723 g/mol. The van der Waals surface area contributed by atoms with Crippen LogP contribution < -0.4 is 0 Å². The van der Waals surface area contributed by atoms with Gasteiger partial charge in [-0.3, -0.25) is 4.79 Å². The Bertz CT molecular complexity index is 1560. The number of hydrogen-bond donors (Lipinski definition) is 1. The number of nitrogens with zero attached hydrogens (tertiary/aromatic N) is 1. The molecule has 11 atom stereocenters. The summed E-state index contributed by atoms with van der Waals surface area (Å²) in [4.78, 5) is 33.2. The Labute approximate surface area is 305 Å². The van der Waals surface area contributed by atoms with Crippen LogP contribution in [0.4, 0.5) is 4.79 Å². The largest absolute Gasteiger partial charge is 0.509 e. The van der Waals surface area contributed by atoms with Crippen LogP contribution in [0.1, 0.15) is 58.9 Å². The third kappa shape index (κ3) is 5.54. The number of fused-ring (bicyclic) bond motifs is 2. The minimum Gasteiger partial charge on any atom is -0.481 e. The molecule has 284 valence electrons. The molecule has 6 aliphatic rings. The van der Waals surface area contributed by atoms with Crippen molar-refractivity contribution >= 4 is 17.8 Å². The minimum atomic E-state index is -1.30. The number of carboxylic acid groups (broad SMARTS) is 1. The lowest BCUT2D eigenvalue weighted by Crippen LogP contribution is -2.67. The van der Waals surface area contributed by atoms with Crippen molar-refractivity contribution in [1.82, 2.24) is 0 Å². The molecule has 0 amide bonds. The number of hydrogen-bond acceptors (Lipinski definition) is 11. The van der Waals surface area contributed by atoms with Crippen LogP contribution in [0.3, 0.4) is 0 Å². The number of methoxy groups -OCH3 is 1. The molecule has 5 fully saturated rings. The van der Waals surface area contributed by atoms with E-state index in [-0.39, 0.29) is 49.2 Å². The van der Waals surface area contributed by atoms with E-state index < -0.39 is 59.3 Å². The fourth-order valence-corrected chi connectivity index (χ4v) is 11.3. The molecule has 0 radical (unpaired) electrons. The number of carbonyl (C=O) groups excluding carboxylic acids is 1. The van der Waals surface area contributed by atoms with Crippen molar-refractivity contribution in [3.63, 3.8) is 0 Å². The van der Waals surface area contributed by atoms with E-state index in [0.717, 1.165) is 24.0 Å². The molecule has 7 unspecified atom stereocenters. The number of ether oxygens (including phenoxy) is 7. The number of allylic oxidation sites excluding steroid dienone is 1. The molecule has 4 aliphatic carbocycles. The number of carboxylic acids is 1. The summed E-state index contributed by atoms with van der Waals surface area (Å²) in [5, 5.41) is 16.1. The lowest BCUT2D eigenvalue weighted by molar-refractivity contribution is -0.269. The normalized spacial score (nSPS) is 40.1. The number of benzene rings is 1. The zero-order valence-electron chi connectivity index (χ0n) is 30.9. The van der Waals surface area contributed by atoms with Gasteiger partial charge in [0.05, 0.1) is 25.9 Å². The van der Waals surface area contributed by atoms with Crippen LogP contribution in [0.5, 0.6) is 0 Å². The zero-order valence-corrected chi connectivity index (χ0v) is 30.9. The van der Waals surface area contributed by atoms with Gasteiger partial charge < -0.3 is 43.1 Å². The predicted octanol–water partition coefficient (Wildman–Crippen LogP) is 6.14. The Morgan fingerprint density at radius 2 is 1.85 bits per heavy atom. The smallest absolute Gasteiger partial charge is 0.481 e. The zero-order chi connectivity index (χ0) is 36.8. The molecular formula is C40H53NO11. The SMILES string of the molecule is C=CCON=C1[C@@H](OC(=O)OCc2ccccc2)[C@H](OCC23CC4C(C)CCC4C4(C5OCCO5)CC2C=C(C(C)C)C34C(=O)O)O[C@H](C)[C@H]1OC. The Balaban J connectivity index is 1.26. The average Bonchev–Trinajstić information content (AvgIpc) is 3.90. The van der Waals surface area contributed by atoms with E-state index in [1.807, 2.05) is 37.3 Å². The van der Waals surface area contributed by atoms with E-state index in [9.17, 15) is 14.7 Å². The Morgan fingerprint density at radius 1 is 1.10 bits per heavy atom. The fourth-order valence-electron chi connectivity index (χ4n) is 11.3. The van der Waals surface area contributed by atoms with Gasteiger partial charge >= 0.3 is 12.1 Å². The third-order valence-electron chi connectivity index (χ3n) is 13.1. The van der Waals surface area contributed by atoms with Gasteiger partial charge in [0.1, 0.15) is 30.4 Å². The van der Waals surface area contributed by atoms with Gasteiger partial charge in [0.2, 0.25) is 6.29 Å². The van der Waals surface area contributed by atoms with E-state index in [4.69, 9.17) is 38.0 Å².